The van der Waals surface area contributed by atoms with Crippen LogP contribution >= 0.6 is 11.3 Å². The molecule has 0 aliphatic rings. The predicted octanol–water partition coefficient (Wildman–Crippen LogP) is 0.653. The van der Waals surface area contributed by atoms with Crippen LogP contribution in [-0.2, 0) is 6.42 Å². The van der Waals surface area contributed by atoms with Crippen LogP contribution in [0.3, 0.4) is 0 Å². The first-order valence-electron chi connectivity index (χ1n) is 5.52. The summed E-state index contributed by atoms with van der Waals surface area (Å²) in [6, 6.07) is 0. The predicted molar refractivity (Wildman–Crippen MR) is 70.1 cm³/mol. The topological polar surface area (TPSA) is 127 Å². The van der Waals surface area contributed by atoms with Crippen LogP contribution in [-0.4, -0.2) is 37.8 Å². The van der Waals surface area contributed by atoms with E-state index in [9.17, 15) is 4.79 Å². The van der Waals surface area contributed by atoms with E-state index in [1.165, 1.54) is 23.9 Å². The number of aromatic carboxylic acids is 1. The minimum absolute atomic E-state index is 0.0580. The van der Waals surface area contributed by atoms with Crippen molar-refractivity contribution < 1.29 is 9.90 Å². The first-order chi connectivity index (χ1) is 9.16. The van der Waals surface area contributed by atoms with Gasteiger partial charge in [-0.25, -0.2) is 14.8 Å². The van der Waals surface area contributed by atoms with Crippen LogP contribution in [0.1, 0.15) is 21.8 Å². The molecule has 0 bridgehead atoms. The van der Waals surface area contributed by atoms with Crippen molar-refractivity contribution >= 4 is 28.3 Å². The lowest BCUT2D eigenvalue weighted by atomic mass is 10.3. The van der Waals surface area contributed by atoms with Crippen LogP contribution in [0, 0.1) is 0 Å². The van der Waals surface area contributed by atoms with Gasteiger partial charge in [-0.1, -0.05) is 11.3 Å². The summed E-state index contributed by atoms with van der Waals surface area (Å²) < 4.78 is 0. The van der Waals surface area contributed by atoms with Crippen molar-refractivity contribution in [2.75, 3.05) is 17.6 Å². The molecule has 2 heterocycles. The standard InChI is InChI=1S/C10H12N6O2S/c11-10-16-15-7(19-10)2-1-3-13-8-6(9(17)18)4-12-5-14-8/h4-5H,1-3H2,(H2,11,16)(H,17,18)(H,12,13,14). The number of hydrogen-bond acceptors (Lipinski definition) is 8. The number of carboxylic acid groups (broad SMARTS) is 1. The van der Waals surface area contributed by atoms with E-state index >= 15 is 0 Å². The van der Waals surface area contributed by atoms with Gasteiger partial charge >= 0.3 is 5.97 Å². The molecule has 2 rings (SSSR count). The van der Waals surface area contributed by atoms with E-state index in [4.69, 9.17) is 10.8 Å². The van der Waals surface area contributed by atoms with Gasteiger partial charge in [-0.2, -0.15) is 0 Å². The Bertz CT molecular complexity index is 573. The maximum absolute atomic E-state index is 10.9. The molecule has 4 N–H and O–H groups in total. The average Bonchev–Trinajstić information content (AvgIpc) is 2.81. The van der Waals surface area contributed by atoms with E-state index in [2.05, 4.69) is 25.5 Å². The fourth-order valence-corrected chi connectivity index (χ4v) is 2.09. The minimum Gasteiger partial charge on any atom is -0.477 e. The molecule has 2 aromatic rings. The summed E-state index contributed by atoms with van der Waals surface area (Å²) in [5.74, 6) is -0.737. The van der Waals surface area contributed by atoms with Crippen molar-refractivity contribution in [3.8, 4) is 0 Å². The van der Waals surface area contributed by atoms with Crippen LogP contribution in [0.2, 0.25) is 0 Å². The fourth-order valence-electron chi connectivity index (χ4n) is 1.44. The molecule has 0 spiro atoms. The highest BCUT2D eigenvalue weighted by molar-refractivity contribution is 7.15. The lowest BCUT2D eigenvalue weighted by Gasteiger charge is -2.06. The lowest BCUT2D eigenvalue weighted by Crippen LogP contribution is -2.10. The number of anilines is 2. The maximum atomic E-state index is 10.9. The highest BCUT2D eigenvalue weighted by Crippen LogP contribution is 2.13. The van der Waals surface area contributed by atoms with Crippen molar-refractivity contribution in [1.29, 1.82) is 0 Å². The van der Waals surface area contributed by atoms with Gasteiger partial charge in [-0.3, -0.25) is 0 Å². The third-order valence-corrected chi connectivity index (χ3v) is 3.10. The monoisotopic (exact) mass is 280 g/mol. The highest BCUT2D eigenvalue weighted by atomic mass is 32.1. The van der Waals surface area contributed by atoms with Crippen molar-refractivity contribution in [2.45, 2.75) is 12.8 Å². The number of nitrogens with one attached hydrogen (secondary N) is 1. The number of carbonyl (C=O) groups is 1. The van der Waals surface area contributed by atoms with Gasteiger partial charge in [-0.05, 0) is 6.42 Å². The molecule has 0 aromatic carbocycles. The third kappa shape index (κ3) is 3.58. The fraction of sp³-hybridized carbons (Fsp3) is 0.300. The number of aryl methyl sites for hydroxylation is 1. The molecule has 0 radical (unpaired) electrons. The average molecular weight is 280 g/mol. The Labute approximate surface area is 112 Å². The zero-order chi connectivity index (χ0) is 13.7. The Hall–Kier alpha value is -2.29. The van der Waals surface area contributed by atoms with Gasteiger partial charge in [0.1, 0.15) is 22.7 Å². The molecule has 9 heteroatoms. The van der Waals surface area contributed by atoms with Gasteiger partial charge < -0.3 is 16.2 Å². The summed E-state index contributed by atoms with van der Waals surface area (Å²) in [5.41, 5.74) is 5.53. The van der Waals surface area contributed by atoms with Gasteiger partial charge in [0, 0.05) is 19.2 Å². The van der Waals surface area contributed by atoms with Crippen LogP contribution in [0.4, 0.5) is 10.9 Å². The van der Waals surface area contributed by atoms with E-state index < -0.39 is 5.97 Å². The minimum atomic E-state index is -1.06. The Morgan fingerprint density at radius 1 is 1.47 bits per heavy atom. The molecule has 100 valence electrons. The number of nitrogen functional groups attached to an aromatic ring is 1. The summed E-state index contributed by atoms with van der Waals surface area (Å²) >= 11 is 1.35. The SMILES string of the molecule is Nc1nnc(CCCNc2ncncc2C(=O)O)s1. The molecule has 0 saturated heterocycles. The molecular weight excluding hydrogens is 268 g/mol. The second-order valence-corrected chi connectivity index (χ2v) is 4.75. The van der Waals surface area contributed by atoms with Gasteiger partial charge in [0.05, 0.1) is 0 Å². The largest absolute Gasteiger partial charge is 0.477 e. The molecule has 19 heavy (non-hydrogen) atoms. The summed E-state index contributed by atoms with van der Waals surface area (Å²) in [6.45, 7) is 0.580. The van der Waals surface area contributed by atoms with E-state index in [1.807, 2.05) is 0 Å². The molecule has 0 amide bonds. The molecule has 0 atom stereocenters. The first-order valence-corrected chi connectivity index (χ1v) is 6.33. The van der Waals surface area contributed by atoms with Crippen molar-refractivity contribution in [3.05, 3.63) is 23.1 Å². The van der Waals surface area contributed by atoms with Crippen molar-refractivity contribution in [2.24, 2.45) is 0 Å². The van der Waals surface area contributed by atoms with Gasteiger partial charge in [-0.15, -0.1) is 10.2 Å². The number of carboxylic acids is 1. The molecule has 0 aliphatic heterocycles. The summed E-state index contributed by atoms with van der Waals surface area (Å²) in [5, 5.41) is 20.9. The summed E-state index contributed by atoms with van der Waals surface area (Å²) in [4.78, 5) is 18.5. The Balaban J connectivity index is 1.84. The van der Waals surface area contributed by atoms with Gasteiger partial charge in [0.15, 0.2) is 0 Å². The Kier molecular flexibility index (Phi) is 4.18. The van der Waals surface area contributed by atoms with E-state index in [1.54, 1.807) is 0 Å². The Morgan fingerprint density at radius 3 is 3.00 bits per heavy atom. The van der Waals surface area contributed by atoms with Crippen molar-refractivity contribution in [3.63, 3.8) is 0 Å². The maximum Gasteiger partial charge on any atom is 0.341 e. The molecule has 0 aliphatic carbocycles. The highest BCUT2D eigenvalue weighted by Gasteiger charge is 2.10. The molecule has 0 unspecified atom stereocenters. The van der Waals surface area contributed by atoms with Crippen LogP contribution in [0.5, 0.6) is 0 Å². The summed E-state index contributed by atoms with van der Waals surface area (Å²) in [6.07, 6.45) is 4.08. The quantitative estimate of drug-likeness (QED) is 0.658. The van der Waals surface area contributed by atoms with E-state index in [0.29, 0.717) is 17.5 Å². The van der Waals surface area contributed by atoms with Crippen LogP contribution < -0.4 is 11.1 Å². The van der Waals surface area contributed by atoms with Crippen LogP contribution in [0.15, 0.2) is 12.5 Å². The first kappa shape index (κ1) is 13.1. The molecule has 8 nitrogen and oxygen atoms in total. The second-order valence-electron chi connectivity index (χ2n) is 3.65. The lowest BCUT2D eigenvalue weighted by molar-refractivity contribution is 0.0697. The number of nitrogens with zero attached hydrogens (tertiary/aromatic N) is 4. The smallest absolute Gasteiger partial charge is 0.341 e. The number of hydrogen-bond donors (Lipinski definition) is 3. The number of aromatic nitrogens is 4. The summed E-state index contributed by atoms with van der Waals surface area (Å²) in [7, 11) is 0. The van der Waals surface area contributed by atoms with Gasteiger partial charge in [0.25, 0.3) is 0 Å². The normalized spacial score (nSPS) is 10.3. The number of nitrogens with two attached hydrogens (primary N) is 1. The zero-order valence-electron chi connectivity index (χ0n) is 9.91. The van der Waals surface area contributed by atoms with Crippen LogP contribution in [0.25, 0.3) is 0 Å². The Morgan fingerprint density at radius 2 is 2.32 bits per heavy atom. The third-order valence-electron chi connectivity index (χ3n) is 2.29. The molecule has 0 fully saturated rings. The van der Waals surface area contributed by atoms with Gasteiger partial charge in [0.2, 0.25) is 5.13 Å². The molecule has 2 aromatic heterocycles. The molecular formula is C10H12N6O2S. The zero-order valence-corrected chi connectivity index (χ0v) is 10.7. The van der Waals surface area contributed by atoms with E-state index in [0.717, 1.165) is 17.8 Å². The van der Waals surface area contributed by atoms with E-state index in [-0.39, 0.29) is 5.56 Å². The molecule has 0 saturated carbocycles. The second kappa shape index (κ2) is 6.05. The number of rotatable bonds is 6. The van der Waals surface area contributed by atoms with Crippen molar-refractivity contribution in [1.82, 2.24) is 20.2 Å².